The van der Waals surface area contributed by atoms with Crippen LogP contribution in [0.5, 0.6) is 0 Å². The number of benzene rings is 1. The topological polar surface area (TPSA) is 52.6 Å². The van der Waals surface area contributed by atoms with Crippen molar-refractivity contribution in [1.82, 2.24) is 15.6 Å². The molecule has 0 aliphatic heterocycles. The quantitative estimate of drug-likeness (QED) is 0.256. The zero-order valence-corrected chi connectivity index (χ0v) is 19.2. The summed E-state index contributed by atoms with van der Waals surface area (Å²) >= 11 is 1.74. The number of thiazole rings is 1. The fourth-order valence-corrected chi connectivity index (χ4v) is 3.36. The van der Waals surface area contributed by atoms with Gasteiger partial charge in [0.15, 0.2) is 5.96 Å². The van der Waals surface area contributed by atoms with Gasteiger partial charge in [-0.3, -0.25) is 4.99 Å². The molecule has 0 fully saturated rings. The predicted octanol–water partition coefficient (Wildman–Crippen LogP) is 3.96. The number of para-hydroxylation sites is 1. The van der Waals surface area contributed by atoms with Crippen molar-refractivity contribution in [3.63, 3.8) is 0 Å². The molecule has 0 radical (unpaired) electrons. The molecule has 0 spiro atoms. The molecule has 2 aromatic rings. The fraction of sp³-hybridized carbons (Fsp3) is 0.474. The molecule has 1 aromatic carbocycles. The highest BCUT2D eigenvalue weighted by atomic mass is 127. The molecular formula is C19H30IN5S. The lowest BCUT2D eigenvalue weighted by molar-refractivity contribution is 0.686. The molecule has 2 rings (SSSR count). The van der Waals surface area contributed by atoms with Gasteiger partial charge in [-0.2, -0.15) is 0 Å². The lowest BCUT2D eigenvalue weighted by Gasteiger charge is -2.19. The van der Waals surface area contributed by atoms with Gasteiger partial charge in [-0.05, 0) is 38.8 Å². The Bertz CT molecular complexity index is 652. The maximum atomic E-state index is 4.54. The second-order valence-electron chi connectivity index (χ2n) is 6.07. The number of unbranched alkanes of at least 4 members (excludes halogenated alkanes) is 1. The maximum absolute atomic E-state index is 4.54. The normalized spacial score (nSPS) is 11.0. The van der Waals surface area contributed by atoms with E-state index in [4.69, 9.17) is 0 Å². The molecule has 144 valence electrons. The first-order chi connectivity index (χ1) is 12.1. The Morgan fingerprint density at radius 2 is 1.88 bits per heavy atom. The number of anilines is 1. The molecule has 0 aliphatic rings. The molecule has 0 amide bonds. The lowest BCUT2D eigenvalue weighted by Crippen LogP contribution is -2.37. The van der Waals surface area contributed by atoms with Crippen molar-refractivity contribution in [2.75, 3.05) is 32.1 Å². The van der Waals surface area contributed by atoms with Gasteiger partial charge >= 0.3 is 0 Å². The van der Waals surface area contributed by atoms with Gasteiger partial charge in [0.2, 0.25) is 0 Å². The van der Waals surface area contributed by atoms with Crippen molar-refractivity contribution in [3.8, 4) is 0 Å². The minimum absolute atomic E-state index is 0. The van der Waals surface area contributed by atoms with Gasteiger partial charge in [0.05, 0.1) is 12.2 Å². The number of hydrogen-bond acceptors (Lipinski definition) is 4. The number of rotatable bonds is 8. The predicted molar refractivity (Wildman–Crippen MR) is 124 cm³/mol. The summed E-state index contributed by atoms with van der Waals surface area (Å²) in [6, 6.07) is 10.5. The van der Waals surface area contributed by atoms with Gasteiger partial charge in [-0.1, -0.05) is 18.2 Å². The monoisotopic (exact) mass is 487 g/mol. The SMILES string of the molecule is CN=C(NCCCCN(C)c1ccccc1)NCc1nc(C)c(C)s1.I. The first kappa shape index (κ1) is 22.7. The molecule has 0 aliphatic carbocycles. The van der Waals surface area contributed by atoms with Crippen LogP contribution >= 0.6 is 35.3 Å². The standard InChI is InChI=1S/C19H29N5S.HI/c1-15-16(2)25-18(23-15)14-22-19(20-3)21-12-8-9-13-24(4)17-10-6-5-7-11-17;/h5-7,10-11H,8-9,12-14H2,1-4H3,(H2,20,21,22);1H. The highest BCUT2D eigenvalue weighted by molar-refractivity contribution is 14.0. The number of hydrogen-bond donors (Lipinski definition) is 2. The van der Waals surface area contributed by atoms with Crippen LogP contribution in [-0.2, 0) is 6.54 Å². The van der Waals surface area contributed by atoms with Crippen molar-refractivity contribution in [2.45, 2.75) is 33.2 Å². The first-order valence-corrected chi connectivity index (χ1v) is 9.55. The number of nitrogens with zero attached hydrogens (tertiary/aromatic N) is 3. The van der Waals surface area contributed by atoms with E-state index in [2.05, 4.69) is 70.7 Å². The van der Waals surface area contributed by atoms with Crippen LogP contribution in [0.25, 0.3) is 0 Å². The van der Waals surface area contributed by atoms with Crippen LogP contribution in [0, 0.1) is 13.8 Å². The highest BCUT2D eigenvalue weighted by Crippen LogP contribution is 2.15. The average Bonchev–Trinajstić information content (AvgIpc) is 2.95. The van der Waals surface area contributed by atoms with Gasteiger partial charge < -0.3 is 15.5 Å². The van der Waals surface area contributed by atoms with E-state index < -0.39 is 0 Å². The lowest BCUT2D eigenvalue weighted by atomic mass is 10.2. The van der Waals surface area contributed by atoms with Gasteiger partial charge in [0.1, 0.15) is 5.01 Å². The van der Waals surface area contributed by atoms with Crippen molar-refractivity contribution >= 4 is 47.0 Å². The number of guanidine groups is 1. The summed E-state index contributed by atoms with van der Waals surface area (Å²) < 4.78 is 0. The summed E-state index contributed by atoms with van der Waals surface area (Å²) in [6.07, 6.45) is 2.24. The number of aliphatic imine (C=N–C) groups is 1. The smallest absolute Gasteiger partial charge is 0.191 e. The number of nitrogens with one attached hydrogen (secondary N) is 2. The maximum Gasteiger partial charge on any atom is 0.191 e. The molecule has 0 bridgehead atoms. The molecule has 5 nitrogen and oxygen atoms in total. The zero-order chi connectivity index (χ0) is 18.1. The van der Waals surface area contributed by atoms with Crippen LogP contribution in [0.4, 0.5) is 5.69 Å². The second-order valence-corrected chi connectivity index (χ2v) is 7.35. The van der Waals surface area contributed by atoms with E-state index in [-0.39, 0.29) is 24.0 Å². The van der Waals surface area contributed by atoms with E-state index >= 15 is 0 Å². The molecule has 1 heterocycles. The summed E-state index contributed by atoms with van der Waals surface area (Å²) in [7, 11) is 3.94. The van der Waals surface area contributed by atoms with Crippen LogP contribution in [-0.4, -0.2) is 38.1 Å². The Balaban J connectivity index is 0.00000338. The van der Waals surface area contributed by atoms with E-state index in [0.29, 0.717) is 0 Å². The summed E-state index contributed by atoms with van der Waals surface area (Å²) in [5.41, 5.74) is 2.38. The Morgan fingerprint density at radius 1 is 1.15 bits per heavy atom. The van der Waals surface area contributed by atoms with Gasteiger partial charge in [0.25, 0.3) is 0 Å². The minimum Gasteiger partial charge on any atom is -0.375 e. The van der Waals surface area contributed by atoms with E-state index in [9.17, 15) is 0 Å². The van der Waals surface area contributed by atoms with Crippen LogP contribution in [0.1, 0.15) is 28.4 Å². The Morgan fingerprint density at radius 3 is 2.50 bits per heavy atom. The van der Waals surface area contributed by atoms with Crippen LogP contribution in [0.15, 0.2) is 35.3 Å². The average molecular weight is 487 g/mol. The number of halogens is 1. The Kier molecular flexibility index (Phi) is 10.6. The molecule has 0 saturated carbocycles. The third kappa shape index (κ3) is 7.49. The van der Waals surface area contributed by atoms with Crippen molar-refractivity contribution in [2.24, 2.45) is 4.99 Å². The van der Waals surface area contributed by atoms with E-state index in [1.54, 1.807) is 18.4 Å². The third-order valence-electron chi connectivity index (χ3n) is 4.11. The van der Waals surface area contributed by atoms with E-state index in [1.165, 1.54) is 10.6 Å². The third-order valence-corrected chi connectivity index (χ3v) is 5.19. The van der Waals surface area contributed by atoms with E-state index in [0.717, 1.165) is 49.1 Å². The molecule has 0 saturated heterocycles. The molecule has 1 aromatic heterocycles. The largest absolute Gasteiger partial charge is 0.375 e. The van der Waals surface area contributed by atoms with Gasteiger partial charge in [0, 0.05) is 37.7 Å². The van der Waals surface area contributed by atoms with Crippen LogP contribution < -0.4 is 15.5 Å². The molecule has 2 N–H and O–H groups in total. The Labute approximate surface area is 178 Å². The minimum atomic E-state index is 0. The fourth-order valence-electron chi connectivity index (χ4n) is 2.49. The number of aryl methyl sites for hydroxylation is 2. The van der Waals surface area contributed by atoms with Gasteiger partial charge in [-0.25, -0.2) is 4.98 Å². The highest BCUT2D eigenvalue weighted by Gasteiger charge is 2.05. The number of aromatic nitrogens is 1. The van der Waals surface area contributed by atoms with Crippen LogP contribution in [0.2, 0.25) is 0 Å². The summed E-state index contributed by atoms with van der Waals surface area (Å²) in [5, 5.41) is 7.80. The summed E-state index contributed by atoms with van der Waals surface area (Å²) in [6.45, 7) is 6.84. The molecule has 7 heteroatoms. The first-order valence-electron chi connectivity index (χ1n) is 8.73. The summed E-state index contributed by atoms with van der Waals surface area (Å²) in [4.78, 5) is 12.4. The Hall–Kier alpha value is -1.35. The molecule has 26 heavy (non-hydrogen) atoms. The zero-order valence-electron chi connectivity index (χ0n) is 16.1. The van der Waals surface area contributed by atoms with Crippen LogP contribution in [0.3, 0.4) is 0 Å². The second kappa shape index (κ2) is 12.1. The summed E-state index contributed by atoms with van der Waals surface area (Å²) in [5.74, 6) is 0.835. The van der Waals surface area contributed by atoms with Gasteiger partial charge in [-0.15, -0.1) is 35.3 Å². The van der Waals surface area contributed by atoms with E-state index in [1.807, 2.05) is 6.07 Å². The van der Waals surface area contributed by atoms with Crippen molar-refractivity contribution in [1.29, 1.82) is 0 Å². The van der Waals surface area contributed by atoms with Crippen molar-refractivity contribution < 1.29 is 0 Å². The molecule has 0 unspecified atom stereocenters. The molecule has 0 atom stereocenters. The molecular weight excluding hydrogens is 457 g/mol. The van der Waals surface area contributed by atoms with Crippen molar-refractivity contribution in [3.05, 3.63) is 45.9 Å².